The predicted molar refractivity (Wildman–Crippen MR) is 63.3 cm³/mol. The van der Waals surface area contributed by atoms with Crippen molar-refractivity contribution in [1.29, 1.82) is 0 Å². The molecule has 0 fully saturated rings. The van der Waals surface area contributed by atoms with Gasteiger partial charge >= 0.3 is 35.5 Å². The molecular formula is C9H19NaO5S. The molecular weight excluding hydrogens is 243 g/mol. The first kappa shape index (κ1) is 18.7. The van der Waals surface area contributed by atoms with Crippen LogP contribution >= 0.6 is 0 Å². The molecule has 0 aliphatic heterocycles. The van der Waals surface area contributed by atoms with Gasteiger partial charge in [-0.15, -0.1) is 0 Å². The second kappa shape index (κ2) is 10.5. The Morgan fingerprint density at radius 3 is 2.12 bits per heavy atom. The number of carbonyl (C=O) groups excluding carboxylic acids is 1. The van der Waals surface area contributed by atoms with Gasteiger partial charge in [-0.2, -0.15) is 8.42 Å². The molecule has 0 unspecified atom stereocenters. The number of ether oxygens (including phenoxy) is 1. The van der Waals surface area contributed by atoms with Crippen LogP contribution in [0.4, 0.5) is 0 Å². The molecule has 92 valence electrons. The van der Waals surface area contributed by atoms with Crippen LogP contribution in [0.1, 0.15) is 38.5 Å². The molecule has 5 nitrogen and oxygen atoms in total. The number of unbranched alkanes of at least 4 members (excludes halogenated alkanes) is 4. The molecule has 0 aromatic rings. The van der Waals surface area contributed by atoms with Crippen LogP contribution in [-0.2, 0) is 19.6 Å². The molecule has 0 bridgehead atoms. The number of esters is 1. The van der Waals surface area contributed by atoms with Gasteiger partial charge in [0.1, 0.15) is 0 Å². The van der Waals surface area contributed by atoms with Gasteiger partial charge in [0.15, 0.2) is 0 Å². The zero-order valence-electron chi connectivity index (χ0n) is 8.94. The molecule has 0 saturated heterocycles. The summed E-state index contributed by atoms with van der Waals surface area (Å²) >= 11 is 0. The Morgan fingerprint density at radius 2 is 1.62 bits per heavy atom. The number of hydrogen-bond donors (Lipinski definition) is 1. The normalized spacial score (nSPS) is 10.6. The molecule has 7 heteroatoms. The van der Waals surface area contributed by atoms with Crippen molar-refractivity contribution in [2.24, 2.45) is 0 Å². The molecule has 0 aliphatic carbocycles. The molecule has 0 rings (SSSR count). The molecule has 0 aromatic heterocycles. The van der Waals surface area contributed by atoms with E-state index in [0.717, 1.165) is 25.7 Å². The zero-order chi connectivity index (χ0) is 11.7. The van der Waals surface area contributed by atoms with Gasteiger partial charge < -0.3 is 4.74 Å². The van der Waals surface area contributed by atoms with Gasteiger partial charge in [-0.1, -0.05) is 19.3 Å². The molecule has 0 atom stereocenters. The number of carbonyl (C=O) groups is 1. The molecule has 0 aromatic carbocycles. The number of rotatable bonds is 8. The van der Waals surface area contributed by atoms with Crippen LogP contribution in [0.2, 0.25) is 0 Å². The van der Waals surface area contributed by atoms with Crippen molar-refractivity contribution in [1.82, 2.24) is 0 Å². The molecule has 1 N–H and O–H groups in total. The summed E-state index contributed by atoms with van der Waals surface area (Å²) in [6.07, 6.45) is 4.14. The summed E-state index contributed by atoms with van der Waals surface area (Å²) in [4.78, 5) is 10.7. The minimum atomic E-state index is -3.81. The second-order valence-electron chi connectivity index (χ2n) is 3.38. The number of methoxy groups -OCH3 is 1. The molecule has 16 heavy (non-hydrogen) atoms. The van der Waals surface area contributed by atoms with Crippen molar-refractivity contribution in [3.63, 3.8) is 0 Å². The predicted octanol–water partition coefficient (Wildman–Crippen LogP) is 0.739. The van der Waals surface area contributed by atoms with E-state index in [1.165, 1.54) is 7.11 Å². The first-order valence-corrected chi connectivity index (χ1v) is 6.58. The third kappa shape index (κ3) is 14.4. The van der Waals surface area contributed by atoms with Gasteiger partial charge in [0, 0.05) is 6.42 Å². The summed E-state index contributed by atoms with van der Waals surface area (Å²) < 4.78 is 33.6. The van der Waals surface area contributed by atoms with E-state index >= 15 is 0 Å². The van der Waals surface area contributed by atoms with E-state index in [-0.39, 0.29) is 41.3 Å². The van der Waals surface area contributed by atoms with Crippen LogP contribution < -0.4 is 0 Å². The maximum atomic E-state index is 10.7. The number of hydrogen-bond acceptors (Lipinski definition) is 4. The van der Waals surface area contributed by atoms with Crippen molar-refractivity contribution in [3.05, 3.63) is 0 Å². The fraction of sp³-hybridized carbons (Fsp3) is 0.889. The van der Waals surface area contributed by atoms with Gasteiger partial charge in [-0.05, 0) is 12.8 Å². The van der Waals surface area contributed by atoms with E-state index in [4.69, 9.17) is 4.55 Å². The van der Waals surface area contributed by atoms with Crippen molar-refractivity contribution < 1.29 is 22.5 Å². The van der Waals surface area contributed by atoms with Gasteiger partial charge in [0.25, 0.3) is 10.1 Å². The van der Waals surface area contributed by atoms with E-state index in [2.05, 4.69) is 4.74 Å². The zero-order valence-corrected chi connectivity index (χ0v) is 9.75. The van der Waals surface area contributed by atoms with Crippen molar-refractivity contribution >= 4 is 45.6 Å². The van der Waals surface area contributed by atoms with E-state index in [1.807, 2.05) is 0 Å². The summed E-state index contributed by atoms with van der Waals surface area (Å²) in [7, 11) is -2.45. The quantitative estimate of drug-likeness (QED) is 0.302. The molecule has 0 saturated carbocycles. The monoisotopic (exact) mass is 262 g/mol. The molecule has 0 spiro atoms. The molecule has 0 amide bonds. The fourth-order valence-corrected chi connectivity index (χ4v) is 1.76. The van der Waals surface area contributed by atoms with Crippen molar-refractivity contribution in [2.75, 3.05) is 12.9 Å². The summed E-state index contributed by atoms with van der Waals surface area (Å²) in [6.45, 7) is 0. The van der Waals surface area contributed by atoms with Crippen LogP contribution in [0.25, 0.3) is 0 Å². The van der Waals surface area contributed by atoms with Crippen LogP contribution in [0.5, 0.6) is 0 Å². The van der Waals surface area contributed by atoms with E-state index in [1.54, 1.807) is 0 Å². The molecule has 0 aliphatic rings. The summed E-state index contributed by atoms with van der Waals surface area (Å²) in [6, 6.07) is 0. The standard InChI is InChI=1S/C9H18O5S.Na.H/c1-14-9(10)7-5-3-2-4-6-8-15(11,12)13;;/h2-8H2,1H3,(H,11,12,13);;. The Morgan fingerprint density at radius 1 is 1.12 bits per heavy atom. The Kier molecular flexibility index (Phi) is 12.3. The average molecular weight is 262 g/mol. The summed E-state index contributed by atoms with van der Waals surface area (Å²) in [5.74, 6) is -0.391. The molecule has 0 radical (unpaired) electrons. The third-order valence-electron chi connectivity index (χ3n) is 2.01. The fourth-order valence-electron chi connectivity index (χ4n) is 1.19. The SMILES string of the molecule is COC(=O)CCCCCCCS(=O)(=O)O.[NaH]. The molecule has 0 heterocycles. The van der Waals surface area contributed by atoms with Crippen molar-refractivity contribution in [2.45, 2.75) is 38.5 Å². The van der Waals surface area contributed by atoms with Gasteiger partial charge in [-0.3, -0.25) is 9.35 Å². The maximum absolute atomic E-state index is 10.7. The van der Waals surface area contributed by atoms with Crippen LogP contribution in [0.15, 0.2) is 0 Å². The van der Waals surface area contributed by atoms with Crippen LogP contribution in [0, 0.1) is 0 Å². The summed E-state index contributed by atoms with van der Waals surface area (Å²) in [5.41, 5.74) is 0. The average Bonchev–Trinajstić information content (AvgIpc) is 2.14. The Hall–Kier alpha value is 0.380. The summed E-state index contributed by atoms with van der Waals surface area (Å²) in [5, 5.41) is 0. The Balaban J connectivity index is 0. The van der Waals surface area contributed by atoms with Crippen LogP contribution in [0.3, 0.4) is 0 Å². The first-order valence-electron chi connectivity index (χ1n) is 4.97. The topological polar surface area (TPSA) is 80.7 Å². The van der Waals surface area contributed by atoms with E-state index in [0.29, 0.717) is 12.8 Å². The van der Waals surface area contributed by atoms with E-state index < -0.39 is 10.1 Å². The minimum absolute atomic E-state index is 0. The Labute approximate surface area is 119 Å². The second-order valence-corrected chi connectivity index (χ2v) is 4.95. The van der Waals surface area contributed by atoms with Gasteiger partial charge in [0.2, 0.25) is 0 Å². The van der Waals surface area contributed by atoms with Crippen molar-refractivity contribution in [3.8, 4) is 0 Å². The van der Waals surface area contributed by atoms with E-state index in [9.17, 15) is 13.2 Å². The third-order valence-corrected chi connectivity index (χ3v) is 2.82. The van der Waals surface area contributed by atoms with Crippen LogP contribution in [-0.4, -0.2) is 61.4 Å². The first-order chi connectivity index (χ1) is 6.95. The van der Waals surface area contributed by atoms with Gasteiger partial charge in [0.05, 0.1) is 12.9 Å². The van der Waals surface area contributed by atoms with Gasteiger partial charge in [-0.25, -0.2) is 0 Å². The Bertz CT molecular complexity index is 276.